The van der Waals surface area contributed by atoms with Crippen molar-refractivity contribution < 1.29 is 22.4 Å². The van der Waals surface area contributed by atoms with Crippen molar-refractivity contribution in [3.63, 3.8) is 0 Å². The van der Waals surface area contributed by atoms with Crippen LogP contribution in [0.1, 0.15) is 17.1 Å². The van der Waals surface area contributed by atoms with Crippen LogP contribution in [0.25, 0.3) is 0 Å². The molecule has 1 heterocycles. The molecule has 172 valence electrons. The number of carbonyl (C=O) groups excluding carboxylic acids is 2. The lowest BCUT2D eigenvalue weighted by molar-refractivity contribution is -0.139. The van der Waals surface area contributed by atoms with Crippen molar-refractivity contribution >= 4 is 39.7 Å². The molecular formula is C22H21ClN4O5S. The monoisotopic (exact) mass is 488 g/mol. The number of hydrazone groups is 1. The third-order valence-electron chi connectivity index (χ3n) is 4.35. The van der Waals surface area contributed by atoms with E-state index in [-0.39, 0.29) is 17.2 Å². The lowest BCUT2D eigenvalue weighted by Crippen LogP contribution is -2.38. The Morgan fingerprint density at radius 1 is 0.970 bits per heavy atom. The standard InChI is InChI=1S/C22H21ClN4O5S/c23-17-6-10-20(11-7-17)33(30,31)26-15-19-9-8-18(32-19)14-25-27-22(29)21(28)24-13-12-16-4-2-1-3-5-16/h1-11,14,26H,12-13,15H2,(H,24,28)(H,27,29)/b25-14+. The van der Waals surface area contributed by atoms with Crippen LogP contribution >= 0.6 is 11.6 Å². The fourth-order valence-corrected chi connectivity index (χ4v) is 3.79. The zero-order valence-electron chi connectivity index (χ0n) is 17.3. The van der Waals surface area contributed by atoms with Crippen LogP contribution in [0.3, 0.4) is 0 Å². The van der Waals surface area contributed by atoms with E-state index in [2.05, 4.69) is 20.6 Å². The van der Waals surface area contributed by atoms with Crippen LogP contribution in [0.2, 0.25) is 5.02 Å². The van der Waals surface area contributed by atoms with E-state index in [1.165, 1.54) is 30.5 Å². The van der Waals surface area contributed by atoms with Gasteiger partial charge in [-0.15, -0.1) is 0 Å². The molecule has 0 saturated carbocycles. The second-order valence-electron chi connectivity index (χ2n) is 6.77. The van der Waals surface area contributed by atoms with Gasteiger partial charge in [0.25, 0.3) is 0 Å². The number of amides is 2. The van der Waals surface area contributed by atoms with Gasteiger partial charge in [-0.3, -0.25) is 9.59 Å². The number of nitrogens with one attached hydrogen (secondary N) is 3. The van der Waals surface area contributed by atoms with E-state index < -0.39 is 21.8 Å². The SMILES string of the molecule is O=C(NCCc1ccccc1)C(=O)N/N=C/c1ccc(CNS(=O)(=O)c2ccc(Cl)cc2)o1. The Kier molecular flexibility index (Phi) is 8.36. The summed E-state index contributed by atoms with van der Waals surface area (Å²) >= 11 is 5.77. The molecule has 1 aromatic heterocycles. The fourth-order valence-electron chi connectivity index (χ4n) is 2.67. The van der Waals surface area contributed by atoms with Crippen molar-refractivity contribution in [2.45, 2.75) is 17.9 Å². The molecule has 0 fully saturated rings. The summed E-state index contributed by atoms with van der Waals surface area (Å²) in [5.74, 6) is -1.12. The molecule has 0 radical (unpaired) electrons. The molecular weight excluding hydrogens is 468 g/mol. The van der Waals surface area contributed by atoms with Crippen molar-refractivity contribution in [2.75, 3.05) is 6.54 Å². The highest BCUT2D eigenvalue weighted by atomic mass is 35.5. The highest BCUT2D eigenvalue weighted by Gasteiger charge is 2.15. The summed E-state index contributed by atoms with van der Waals surface area (Å²) in [7, 11) is -3.73. The van der Waals surface area contributed by atoms with Gasteiger partial charge in [0.05, 0.1) is 17.7 Å². The van der Waals surface area contributed by atoms with Crippen LogP contribution in [-0.4, -0.2) is 33.0 Å². The van der Waals surface area contributed by atoms with Gasteiger partial charge in [-0.2, -0.15) is 5.10 Å². The topological polar surface area (TPSA) is 130 Å². The van der Waals surface area contributed by atoms with Crippen LogP contribution in [0, 0.1) is 0 Å². The Morgan fingerprint density at radius 3 is 2.42 bits per heavy atom. The third kappa shape index (κ3) is 7.56. The summed E-state index contributed by atoms with van der Waals surface area (Å²) < 4.78 is 32.4. The number of furan rings is 1. The second-order valence-corrected chi connectivity index (χ2v) is 8.98. The molecule has 0 unspecified atom stereocenters. The molecule has 2 aromatic carbocycles. The number of nitrogens with zero attached hydrogens (tertiary/aromatic N) is 1. The summed E-state index contributed by atoms with van der Waals surface area (Å²) in [6.45, 7) is 0.225. The van der Waals surface area contributed by atoms with Gasteiger partial charge in [0.2, 0.25) is 10.0 Å². The number of halogens is 1. The van der Waals surface area contributed by atoms with E-state index in [0.717, 1.165) is 5.56 Å². The largest absolute Gasteiger partial charge is 0.459 e. The van der Waals surface area contributed by atoms with Crippen molar-refractivity contribution in [3.05, 3.63) is 88.8 Å². The average molecular weight is 489 g/mol. The first-order chi connectivity index (χ1) is 15.8. The first-order valence-electron chi connectivity index (χ1n) is 9.82. The first kappa shape index (κ1) is 24.2. The maximum Gasteiger partial charge on any atom is 0.329 e. The third-order valence-corrected chi connectivity index (χ3v) is 6.02. The number of carbonyl (C=O) groups is 2. The van der Waals surface area contributed by atoms with Crippen LogP contribution in [0.15, 0.2) is 81.1 Å². The Balaban J connectivity index is 1.42. The molecule has 3 N–H and O–H groups in total. The Morgan fingerprint density at radius 2 is 1.70 bits per heavy atom. The van der Waals surface area contributed by atoms with Gasteiger partial charge >= 0.3 is 11.8 Å². The fraction of sp³-hybridized carbons (Fsp3) is 0.136. The van der Waals surface area contributed by atoms with Gasteiger partial charge in [0.1, 0.15) is 11.5 Å². The van der Waals surface area contributed by atoms with Gasteiger partial charge in [-0.1, -0.05) is 41.9 Å². The van der Waals surface area contributed by atoms with Crippen LogP contribution in [-0.2, 0) is 32.6 Å². The van der Waals surface area contributed by atoms with Gasteiger partial charge in [0, 0.05) is 11.6 Å². The average Bonchev–Trinajstić information content (AvgIpc) is 3.26. The van der Waals surface area contributed by atoms with Crippen molar-refractivity contribution in [1.29, 1.82) is 0 Å². The van der Waals surface area contributed by atoms with E-state index in [1.807, 2.05) is 30.3 Å². The molecule has 0 atom stereocenters. The molecule has 33 heavy (non-hydrogen) atoms. The first-order valence-corrected chi connectivity index (χ1v) is 11.7. The minimum Gasteiger partial charge on any atom is -0.459 e. The van der Waals surface area contributed by atoms with Gasteiger partial charge < -0.3 is 9.73 Å². The number of rotatable bonds is 9. The molecule has 11 heteroatoms. The van der Waals surface area contributed by atoms with E-state index in [1.54, 1.807) is 12.1 Å². The second kappa shape index (κ2) is 11.4. The zero-order chi connectivity index (χ0) is 23.7. The van der Waals surface area contributed by atoms with E-state index >= 15 is 0 Å². The summed E-state index contributed by atoms with van der Waals surface area (Å²) in [4.78, 5) is 23.7. The quantitative estimate of drug-likeness (QED) is 0.241. The van der Waals surface area contributed by atoms with E-state index in [0.29, 0.717) is 23.7 Å². The zero-order valence-corrected chi connectivity index (χ0v) is 18.9. The Bertz CT molecular complexity index is 1230. The van der Waals surface area contributed by atoms with Crippen LogP contribution in [0.5, 0.6) is 0 Å². The van der Waals surface area contributed by atoms with Gasteiger partial charge in [-0.05, 0) is 48.4 Å². The molecule has 0 spiro atoms. The molecule has 3 rings (SSSR count). The maximum absolute atomic E-state index is 12.3. The molecule has 0 aliphatic rings. The molecule has 3 aromatic rings. The normalized spacial score (nSPS) is 11.4. The summed E-state index contributed by atoms with van der Waals surface area (Å²) in [6, 6.07) is 18.4. The Labute approximate surface area is 195 Å². The minimum atomic E-state index is -3.73. The number of benzene rings is 2. The van der Waals surface area contributed by atoms with Crippen molar-refractivity contribution in [3.8, 4) is 0 Å². The Hall–Kier alpha value is -3.47. The summed E-state index contributed by atoms with van der Waals surface area (Å²) in [5.41, 5.74) is 3.15. The summed E-state index contributed by atoms with van der Waals surface area (Å²) in [6.07, 6.45) is 1.80. The van der Waals surface area contributed by atoms with Crippen molar-refractivity contribution in [2.24, 2.45) is 5.10 Å². The molecule has 9 nitrogen and oxygen atoms in total. The minimum absolute atomic E-state index is 0.0741. The highest BCUT2D eigenvalue weighted by Crippen LogP contribution is 2.14. The lowest BCUT2D eigenvalue weighted by Gasteiger charge is -2.05. The van der Waals surface area contributed by atoms with Crippen molar-refractivity contribution in [1.82, 2.24) is 15.5 Å². The molecule has 2 amide bonds. The highest BCUT2D eigenvalue weighted by molar-refractivity contribution is 7.89. The molecule has 0 saturated heterocycles. The molecule has 0 aliphatic heterocycles. The lowest BCUT2D eigenvalue weighted by atomic mass is 10.1. The number of sulfonamides is 1. The number of hydrogen-bond donors (Lipinski definition) is 3. The smallest absolute Gasteiger partial charge is 0.329 e. The van der Waals surface area contributed by atoms with Crippen LogP contribution in [0.4, 0.5) is 0 Å². The predicted molar refractivity (Wildman–Crippen MR) is 123 cm³/mol. The van der Waals surface area contributed by atoms with E-state index in [9.17, 15) is 18.0 Å². The van der Waals surface area contributed by atoms with Gasteiger partial charge in [0.15, 0.2) is 0 Å². The van der Waals surface area contributed by atoms with E-state index in [4.69, 9.17) is 16.0 Å². The van der Waals surface area contributed by atoms with Gasteiger partial charge in [-0.25, -0.2) is 18.6 Å². The molecule has 0 aliphatic carbocycles. The molecule has 0 bridgehead atoms. The predicted octanol–water partition coefficient (Wildman–Crippen LogP) is 2.22. The van der Waals surface area contributed by atoms with Crippen LogP contribution < -0.4 is 15.5 Å². The summed E-state index contributed by atoms with van der Waals surface area (Å²) in [5, 5.41) is 6.62. The number of hydrogen-bond acceptors (Lipinski definition) is 6. The maximum atomic E-state index is 12.3.